The van der Waals surface area contributed by atoms with E-state index >= 15 is 0 Å². The molecule has 2 fully saturated rings. The van der Waals surface area contributed by atoms with E-state index < -0.39 is 12.2 Å². The highest BCUT2D eigenvalue weighted by molar-refractivity contribution is 5.91. The lowest BCUT2D eigenvalue weighted by molar-refractivity contribution is -0.165. The van der Waals surface area contributed by atoms with E-state index in [-0.39, 0.29) is 11.8 Å². The highest BCUT2D eigenvalue weighted by Crippen LogP contribution is 2.17. The number of carbonyl (C=O) groups excluding carboxylic acids is 2. The van der Waals surface area contributed by atoms with Crippen LogP contribution in [0.1, 0.15) is 39.5 Å². The van der Waals surface area contributed by atoms with Crippen LogP contribution < -0.4 is 5.90 Å². The molecule has 0 aliphatic carbocycles. The predicted molar refractivity (Wildman–Crippen MR) is 82.8 cm³/mol. The summed E-state index contributed by atoms with van der Waals surface area (Å²) in [6.07, 6.45) is 1.88. The van der Waals surface area contributed by atoms with Crippen LogP contribution in [0.4, 0.5) is 0 Å². The SMILES string of the molecule is CC.COC(C(=O)N1CCCC1)C(ON)C(=O)N1CCCC1. The number of hydrogen-bond acceptors (Lipinski definition) is 5. The molecule has 0 saturated carbocycles. The molecule has 0 bridgehead atoms. The molecular weight excluding hydrogens is 286 g/mol. The molecule has 7 nitrogen and oxygen atoms in total. The molecule has 2 aliphatic rings. The predicted octanol–water partition coefficient (Wildman–Crippen LogP) is 0.531. The lowest BCUT2D eigenvalue weighted by atomic mass is 10.1. The third kappa shape index (κ3) is 4.41. The number of amides is 2. The van der Waals surface area contributed by atoms with Crippen LogP contribution in [0.3, 0.4) is 0 Å². The van der Waals surface area contributed by atoms with Crippen LogP contribution >= 0.6 is 0 Å². The van der Waals surface area contributed by atoms with Crippen molar-refractivity contribution in [3.63, 3.8) is 0 Å². The Morgan fingerprint density at radius 2 is 1.23 bits per heavy atom. The minimum Gasteiger partial charge on any atom is -0.368 e. The van der Waals surface area contributed by atoms with Crippen molar-refractivity contribution < 1.29 is 19.2 Å². The third-order valence-electron chi connectivity index (χ3n) is 4.00. The topological polar surface area (TPSA) is 85.1 Å². The van der Waals surface area contributed by atoms with Crippen molar-refractivity contribution in [2.75, 3.05) is 33.3 Å². The molecule has 2 heterocycles. The van der Waals surface area contributed by atoms with Gasteiger partial charge in [0.05, 0.1) is 0 Å². The number of hydrogen-bond donors (Lipinski definition) is 1. The monoisotopic (exact) mass is 315 g/mol. The fraction of sp³-hybridized carbons (Fsp3) is 0.867. The van der Waals surface area contributed by atoms with Crippen LogP contribution in [0, 0.1) is 0 Å². The van der Waals surface area contributed by atoms with Crippen LogP contribution in [-0.2, 0) is 19.2 Å². The van der Waals surface area contributed by atoms with Crippen LogP contribution in [-0.4, -0.2) is 67.1 Å². The van der Waals surface area contributed by atoms with Gasteiger partial charge < -0.3 is 14.5 Å². The summed E-state index contributed by atoms with van der Waals surface area (Å²) in [5.74, 6) is 4.78. The van der Waals surface area contributed by atoms with Gasteiger partial charge in [0.15, 0.2) is 12.2 Å². The van der Waals surface area contributed by atoms with Crippen LogP contribution in [0.25, 0.3) is 0 Å². The normalized spacial score (nSPS) is 20.4. The molecule has 2 atom stereocenters. The van der Waals surface area contributed by atoms with Crippen LogP contribution in [0.5, 0.6) is 0 Å². The Kier molecular flexibility index (Phi) is 8.37. The molecule has 0 spiro atoms. The minimum absolute atomic E-state index is 0.215. The quantitative estimate of drug-likeness (QED) is 0.748. The molecule has 128 valence electrons. The van der Waals surface area contributed by atoms with Gasteiger partial charge in [0.1, 0.15) is 0 Å². The summed E-state index contributed by atoms with van der Waals surface area (Å²) in [6.45, 7) is 6.78. The number of carbonyl (C=O) groups is 2. The Balaban J connectivity index is 0.00000116. The maximum atomic E-state index is 12.4. The van der Waals surface area contributed by atoms with E-state index in [4.69, 9.17) is 15.5 Å². The first-order valence-electron chi connectivity index (χ1n) is 8.15. The Morgan fingerprint density at radius 1 is 0.864 bits per heavy atom. The molecule has 2 aliphatic heterocycles. The lowest BCUT2D eigenvalue weighted by Crippen LogP contribution is -2.53. The van der Waals surface area contributed by atoms with Gasteiger partial charge in [-0.1, -0.05) is 13.8 Å². The molecule has 0 aromatic rings. The van der Waals surface area contributed by atoms with Crippen LogP contribution in [0.15, 0.2) is 0 Å². The maximum absolute atomic E-state index is 12.4. The van der Waals surface area contributed by atoms with Gasteiger partial charge in [-0.2, -0.15) is 0 Å². The first-order valence-corrected chi connectivity index (χ1v) is 8.15. The summed E-state index contributed by atoms with van der Waals surface area (Å²) in [5, 5.41) is 0. The van der Waals surface area contributed by atoms with Crippen molar-refractivity contribution in [2.45, 2.75) is 51.7 Å². The van der Waals surface area contributed by atoms with E-state index in [0.29, 0.717) is 26.2 Å². The summed E-state index contributed by atoms with van der Waals surface area (Å²) in [4.78, 5) is 32.9. The maximum Gasteiger partial charge on any atom is 0.257 e. The molecule has 2 saturated heterocycles. The van der Waals surface area contributed by atoms with Crippen molar-refractivity contribution in [3.05, 3.63) is 0 Å². The minimum atomic E-state index is -1.06. The Hall–Kier alpha value is -1.18. The fourth-order valence-electron chi connectivity index (χ4n) is 2.85. The average molecular weight is 315 g/mol. The Labute approximate surface area is 132 Å². The lowest BCUT2D eigenvalue weighted by Gasteiger charge is -2.29. The highest BCUT2D eigenvalue weighted by Gasteiger charge is 2.40. The zero-order valence-electron chi connectivity index (χ0n) is 13.9. The average Bonchev–Trinajstić information content (AvgIpc) is 3.26. The fourth-order valence-corrected chi connectivity index (χ4v) is 2.85. The molecule has 7 heteroatoms. The van der Waals surface area contributed by atoms with Crippen LogP contribution in [0.2, 0.25) is 0 Å². The smallest absolute Gasteiger partial charge is 0.257 e. The van der Waals surface area contributed by atoms with Gasteiger partial charge in [-0.25, -0.2) is 5.90 Å². The summed E-state index contributed by atoms with van der Waals surface area (Å²) in [5.41, 5.74) is 0. The van der Waals surface area contributed by atoms with E-state index in [1.54, 1.807) is 9.80 Å². The molecule has 2 rings (SSSR count). The van der Waals surface area contributed by atoms with Gasteiger partial charge in [-0.3, -0.25) is 14.4 Å². The molecule has 0 aromatic carbocycles. The zero-order chi connectivity index (χ0) is 16.5. The number of nitrogens with two attached hydrogens (primary N) is 1. The first-order chi connectivity index (χ1) is 10.7. The summed E-state index contributed by atoms with van der Waals surface area (Å²) in [6, 6.07) is 0. The summed E-state index contributed by atoms with van der Waals surface area (Å²) < 4.78 is 5.21. The number of nitrogens with zero attached hydrogens (tertiary/aromatic N) is 2. The molecule has 2 N–H and O–H groups in total. The molecule has 0 radical (unpaired) electrons. The van der Waals surface area contributed by atoms with Gasteiger partial charge in [-0.15, -0.1) is 0 Å². The van der Waals surface area contributed by atoms with E-state index in [1.807, 2.05) is 13.8 Å². The van der Waals surface area contributed by atoms with Gasteiger partial charge in [0.25, 0.3) is 11.8 Å². The molecule has 2 amide bonds. The van der Waals surface area contributed by atoms with Crippen molar-refractivity contribution in [3.8, 4) is 0 Å². The Bertz CT molecular complexity index is 319. The number of ether oxygens (including phenoxy) is 1. The standard InChI is InChI=1S/C13H23N3O4.C2H6/c1-19-10(12(17)15-6-2-3-7-15)11(20-14)13(18)16-8-4-5-9-16;1-2/h10-11H,2-9,14H2,1H3;1-2H3. The second-order valence-corrected chi connectivity index (χ2v) is 5.28. The molecule has 2 unspecified atom stereocenters. The second kappa shape index (κ2) is 9.76. The van der Waals surface area contributed by atoms with E-state index in [2.05, 4.69) is 0 Å². The van der Waals surface area contributed by atoms with Gasteiger partial charge >= 0.3 is 0 Å². The zero-order valence-corrected chi connectivity index (χ0v) is 13.9. The largest absolute Gasteiger partial charge is 0.368 e. The molecular formula is C15H29N3O4. The summed E-state index contributed by atoms with van der Waals surface area (Å²) >= 11 is 0. The number of methoxy groups -OCH3 is 1. The third-order valence-corrected chi connectivity index (χ3v) is 4.00. The highest BCUT2D eigenvalue weighted by atomic mass is 16.6. The van der Waals surface area contributed by atoms with Crippen molar-refractivity contribution in [2.24, 2.45) is 5.90 Å². The van der Waals surface area contributed by atoms with E-state index in [0.717, 1.165) is 25.7 Å². The van der Waals surface area contributed by atoms with Crippen molar-refractivity contribution >= 4 is 11.8 Å². The van der Waals surface area contributed by atoms with Gasteiger partial charge in [-0.05, 0) is 25.7 Å². The van der Waals surface area contributed by atoms with Crippen molar-refractivity contribution in [1.82, 2.24) is 9.80 Å². The second-order valence-electron chi connectivity index (χ2n) is 5.28. The molecule has 22 heavy (non-hydrogen) atoms. The van der Waals surface area contributed by atoms with Gasteiger partial charge in [0, 0.05) is 33.3 Å². The van der Waals surface area contributed by atoms with E-state index in [1.165, 1.54) is 7.11 Å². The number of likely N-dealkylation sites (tertiary alicyclic amines) is 2. The van der Waals surface area contributed by atoms with E-state index in [9.17, 15) is 9.59 Å². The Morgan fingerprint density at radius 3 is 1.55 bits per heavy atom. The number of rotatable bonds is 5. The molecule has 0 aromatic heterocycles. The summed E-state index contributed by atoms with van der Waals surface area (Å²) in [7, 11) is 1.40. The van der Waals surface area contributed by atoms with Crippen molar-refractivity contribution in [1.29, 1.82) is 0 Å². The van der Waals surface area contributed by atoms with Gasteiger partial charge in [0.2, 0.25) is 0 Å². The first kappa shape index (κ1) is 18.9.